The van der Waals surface area contributed by atoms with E-state index in [1.54, 1.807) is 25.2 Å². The minimum atomic E-state index is -4.45. The topological polar surface area (TPSA) is 60.9 Å². The van der Waals surface area contributed by atoms with Crippen molar-refractivity contribution in [3.8, 4) is 17.4 Å². The molecule has 2 aromatic rings. The van der Waals surface area contributed by atoms with Crippen LogP contribution in [0.2, 0.25) is 0 Å². The van der Waals surface area contributed by atoms with Crippen molar-refractivity contribution in [1.82, 2.24) is 9.88 Å². The molecule has 29 heavy (non-hydrogen) atoms. The normalized spacial score (nSPS) is 16.6. The Bertz CT molecular complexity index is 856. The van der Waals surface area contributed by atoms with Crippen molar-refractivity contribution in [2.24, 2.45) is 0 Å². The maximum atomic E-state index is 13.0. The second-order valence-electron chi connectivity index (χ2n) is 6.55. The molecule has 1 aromatic carbocycles. The average molecular weight is 410 g/mol. The van der Waals surface area contributed by atoms with Crippen LogP contribution in [0.25, 0.3) is 0 Å². The molecule has 1 fully saturated rings. The molecule has 9 heteroatoms. The van der Waals surface area contributed by atoms with Crippen LogP contribution in [0.5, 0.6) is 17.4 Å². The summed E-state index contributed by atoms with van der Waals surface area (Å²) in [6.45, 7) is -0.871. The molecule has 1 aromatic heterocycles. The van der Waals surface area contributed by atoms with Gasteiger partial charge in [-0.3, -0.25) is 4.79 Å². The van der Waals surface area contributed by atoms with Crippen LogP contribution in [0.3, 0.4) is 0 Å². The molecule has 0 radical (unpaired) electrons. The lowest BCUT2D eigenvalue weighted by atomic mass is 10.0. The summed E-state index contributed by atoms with van der Waals surface area (Å²) in [7, 11) is 3.12. The third kappa shape index (κ3) is 4.90. The van der Waals surface area contributed by atoms with Gasteiger partial charge in [0.25, 0.3) is 5.91 Å². The lowest BCUT2D eigenvalue weighted by Crippen LogP contribution is -2.30. The Balaban J connectivity index is 1.77. The summed E-state index contributed by atoms with van der Waals surface area (Å²) in [5, 5.41) is 0. The molecule has 0 aliphatic carbocycles. The summed E-state index contributed by atoms with van der Waals surface area (Å²) >= 11 is 0. The highest BCUT2D eigenvalue weighted by atomic mass is 19.4. The Labute approximate surface area is 166 Å². The van der Waals surface area contributed by atoms with Crippen LogP contribution in [0.15, 0.2) is 36.5 Å². The van der Waals surface area contributed by atoms with Gasteiger partial charge in [-0.05, 0) is 31.0 Å². The predicted octanol–water partition coefficient (Wildman–Crippen LogP) is 4.02. The van der Waals surface area contributed by atoms with Crippen LogP contribution < -0.4 is 14.2 Å². The number of aromatic nitrogens is 1. The Kier molecular flexibility index (Phi) is 6.14. The molecule has 1 aliphatic heterocycles. The van der Waals surface area contributed by atoms with E-state index in [1.807, 2.05) is 12.1 Å². The fraction of sp³-hybridized carbons (Fsp3) is 0.400. The molecular weight excluding hydrogens is 389 g/mol. The molecule has 0 bridgehead atoms. The van der Waals surface area contributed by atoms with E-state index < -0.39 is 12.8 Å². The first-order valence-electron chi connectivity index (χ1n) is 9.01. The summed E-state index contributed by atoms with van der Waals surface area (Å²) in [6.07, 6.45) is -1.62. The highest BCUT2D eigenvalue weighted by Crippen LogP contribution is 2.39. The molecule has 2 heterocycles. The van der Waals surface area contributed by atoms with Gasteiger partial charge in [0, 0.05) is 30.4 Å². The van der Waals surface area contributed by atoms with E-state index in [0.29, 0.717) is 18.0 Å². The summed E-state index contributed by atoms with van der Waals surface area (Å²) in [4.78, 5) is 18.5. The number of hydrogen-bond donors (Lipinski definition) is 0. The summed E-state index contributed by atoms with van der Waals surface area (Å²) < 4.78 is 52.0. The largest absolute Gasteiger partial charge is 0.497 e. The van der Waals surface area contributed by atoms with Gasteiger partial charge in [0.15, 0.2) is 6.61 Å². The highest BCUT2D eigenvalue weighted by molar-refractivity contribution is 5.94. The molecule has 0 spiro atoms. The van der Waals surface area contributed by atoms with E-state index in [0.717, 1.165) is 18.4 Å². The summed E-state index contributed by atoms with van der Waals surface area (Å²) in [6, 6.07) is 7.96. The van der Waals surface area contributed by atoms with Gasteiger partial charge in [-0.2, -0.15) is 13.2 Å². The van der Waals surface area contributed by atoms with Crippen LogP contribution in [0.1, 0.15) is 34.8 Å². The zero-order valence-electron chi connectivity index (χ0n) is 16.0. The zero-order chi connectivity index (χ0) is 21.0. The summed E-state index contributed by atoms with van der Waals surface area (Å²) in [5.74, 6) is 0.845. The number of methoxy groups -OCH3 is 2. The van der Waals surface area contributed by atoms with Crippen molar-refractivity contribution in [2.75, 3.05) is 27.4 Å². The second kappa shape index (κ2) is 8.59. The van der Waals surface area contributed by atoms with Crippen molar-refractivity contribution in [1.29, 1.82) is 0 Å². The first-order valence-corrected chi connectivity index (χ1v) is 9.01. The van der Waals surface area contributed by atoms with Crippen molar-refractivity contribution in [3.05, 3.63) is 47.7 Å². The standard InChI is InChI=1S/C20H21F3N2O4/c1-27-14-6-7-15(17(10-14)28-2)16-4-3-9-25(16)19(26)13-5-8-18(24-11-13)29-12-20(21,22)23/h5-8,10-11,16H,3-4,9,12H2,1-2H3. The number of rotatable bonds is 6. The fourth-order valence-electron chi connectivity index (χ4n) is 3.34. The number of alkyl halides is 3. The number of carbonyl (C=O) groups excluding carboxylic acids is 1. The molecule has 156 valence electrons. The highest BCUT2D eigenvalue weighted by Gasteiger charge is 2.33. The van der Waals surface area contributed by atoms with Gasteiger partial charge in [-0.15, -0.1) is 0 Å². The minimum Gasteiger partial charge on any atom is -0.497 e. The number of carbonyl (C=O) groups is 1. The third-order valence-corrected chi connectivity index (χ3v) is 4.68. The molecular formula is C20H21F3N2O4. The van der Waals surface area contributed by atoms with Crippen molar-refractivity contribution >= 4 is 5.91 Å². The van der Waals surface area contributed by atoms with Crippen molar-refractivity contribution < 1.29 is 32.2 Å². The number of benzene rings is 1. The van der Waals surface area contributed by atoms with Crippen LogP contribution in [0.4, 0.5) is 13.2 Å². The number of ether oxygens (including phenoxy) is 3. The number of hydrogen-bond acceptors (Lipinski definition) is 5. The van der Waals surface area contributed by atoms with Gasteiger partial charge in [0.1, 0.15) is 11.5 Å². The van der Waals surface area contributed by atoms with E-state index in [1.165, 1.54) is 18.3 Å². The lowest BCUT2D eigenvalue weighted by Gasteiger charge is -2.26. The first kappa shape index (κ1) is 20.8. The van der Waals surface area contributed by atoms with Gasteiger partial charge < -0.3 is 19.1 Å². The van der Waals surface area contributed by atoms with Crippen molar-refractivity contribution in [3.63, 3.8) is 0 Å². The van der Waals surface area contributed by atoms with Crippen molar-refractivity contribution in [2.45, 2.75) is 25.1 Å². The molecule has 0 N–H and O–H groups in total. The van der Waals surface area contributed by atoms with E-state index in [9.17, 15) is 18.0 Å². The van der Waals surface area contributed by atoms with Gasteiger partial charge in [0.05, 0.1) is 25.8 Å². The smallest absolute Gasteiger partial charge is 0.422 e. The van der Waals surface area contributed by atoms with Gasteiger partial charge in [-0.1, -0.05) is 0 Å². The monoisotopic (exact) mass is 410 g/mol. The SMILES string of the molecule is COc1ccc(C2CCCN2C(=O)c2ccc(OCC(F)(F)F)nc2)c(OC)c1. The van der Waals surface area contributed by atoms with Gasteiger partial charge in [-0.25, -0.2) is 4.98 Å². The quantitative estimate of drug-likeness (QED) is 0.720. The molecule has 3 rings (SSSR count). The Morgan fingerprint density at radius 1 is 1.21 bits per heavy atom. The van der Waals surface area contributed by atoms with E-state index in [-0.39, 0.29) is 23.4 Å². The molecule has 1 saturated heterocycles. The van der Waals surface area contributed by atoms with Gasteiger partial charge >= 0.3 is 6.18 Å². The molecule has 1 unspecified atom stereocenters. The number of pyridine rings is 1. The number of likely N-dealkylation sites (tertiary alicyclic amines) is 1. The average Bonchev–Trinajstić information content (AvgIpc) is 3.20. The number of nitrogens with zero attached hydrogens (tertiary/aromatic N) is 2. The van der Waals surface area contributed by atoms with Crippen LogP contribution in [-0.2, 0) is 0 Å². The molecule has 0 saturated carbocycles. The third-order valence-electron chi connectivity index (χ3n) is 4.68. The van der Waals surface area contributed by atoms with E-state index >= 15 is 0 Å². The van der Waals surface area contributed by atoms with Gasteiger partial charge in [0.2, 0.25) is 5.88 Å². The maximum absolute atomic E-state index is 13.0. The fourth-order valence-corrected chi connectivity index (χ4v) is 3.34. The van der Waals surface area contributed by atoms with E-state index in [4.69, 9.17) is 9.47 Å². The Hall–Kier alpha value is -2.97. The first-order chi connectivity index (χ1) is 13.8. The van der Waals surface area contributed by atoms with Crippen LogP contribution in [0, 0.1) is 0 Å². The summed E-state index contributed by atoms with van der Waals surface area (Å²) in [5.41, 5.74) is 1.15. The molecule has 1 atom stereocenters. The zero-order valence-corrected chi connectivity index (χ0v) is 16.0. The number of halogens is 3. The van der Waals surface area contributed by atoms with Crippen LogP contribution >= 0.6 is 0 Å². The predicted molar refractivity (Wildman–Crippen MR) is 98.3 cm³/mol. The maximum Gasteiger partial charge on any atom is 0.422 e. The van der Waals surface area contributed by atoms with E-state index in [2.05, 4.69) is 9.72 Å². The molecule has 1 amide bonds. The van der Waals surface area contributed by atoms with Crippen LogP contribution in [-0.4, -0.2) is 49.3 Å². The lowest BCUT2D eigenvalue weighted by molar-refractivity contribution is -0.154. The second-order valence-corrected chi connectivity index (χ2v) is 6.55. The molecule has 1 aliphatic rings. The Morgan fingerprint density at radius 2 is 2.00 bits per heavy atom. The Morgan fingerprint density at radius 3 is 2.62 bits per heavy atom. The number of amides is 1. The molecule has 6 nitrogen and oxygen atoms in total. The minimum absolute atomic E-state index is 0.176.